The quantitative estimate of drug-likeness (QED) is 0.450. The van der Waals surface area contributed by atoms with Gasteiger partial charge in [-0.3, -0.25) is 4.57 Å². The van der Waals surface area contributed by atoms with E-state index in [1.54, 1.807) is 52.0 Å². The number of benzene rings is 1. The van der Waals surface area contributed by atoms with E-state index >= 15 is 0 Å². The summed E-state index contributed by atoms with van der Waals surface area (Å²) in [6.07, 6.45) is -0.401. The third kappa shape index (κ3) is 7.72. The van der Waals surface area contributed by atoms with Crippen LogP contribution in [0.4, 0.5) is 0 Å². The van der Waals surface area contributed by atoms with Gasteiger partial charge in [-0.05, 0) is 46.2 Å². The molecule has 0 N–H and O–H groups in total. The molecule has 1 aliphatic heterocycles. The Labute approximate surface area is 160 Å². The average molecular weight is 400 g/mol. The molecule has 0 bridgehead atoms. The maximum absolute atomic E-state index is 12.7. The minimum absolute atomic E-state index is 0.178. The Balaban J connectivity index is 1.78. The second kappa shape index (κ2) is 10.3. The molecule has 2 atom stereocenters. The molecule has 2 rings (SSSR count). The molecular weight excluding hydrogens is 371 g/mol. The molecule has 0 saturated carbocycles. The summed E-state index contributed by atoms with van der Waals surface area (Å²) in [4.78, 5) is 12.1. The molecule has 0 aliphatic carbocycles. The molecule has 8 heteroatoms. The number of ether oxygens (including phenoxy) is 3. The third-order valence-electron chi connectivity index (χ3n) is 3.64. The predicted molar refractivity (Wildman–Crippen MR) is 101 cm³/mol. The lowest BCUT2D eigenvalue weighted by Gasteiger charge is -2.30. The van der Waals surface area contributed by atoms with E-state index in [-0.39, 0.29) is 37.2 Å². The van der Waals surface area contributed by atoms with Gasteiger partial charge in [0.05, 0.1) is 24.4 Å². The van der Waals surface area contributed by atoms with Gasteiger partial charge >= 0.3 is 13.6 Å². The number of carbonyl (C=O) groups is 1. The first-order valence-corrected chi connectivity index (χ1v) is 11.0. The van der Waals surface area contributed by atoms with Crippen molar-refractivity contribution in [2.75, 3.05) is 13.0 Å². The van der Waals surface area contributed by atoms with E-state index < -0.39 is 13.9 Å². The average Bonchev–Trinajstić information content (AvgIpc) is 2.60. The molecule has 152 valence electrons. The summed E-state index contributed by atoms with van der Waals surface area (Å²) in [5.74, 6) is -0.372. The Hall–Kier alpha value is -1.24. The summed E-state index contributed by atoms with van der Waals surface area (Å²) >= 11 is 0. The van der Waals surface area contributed by atoms with Crippen LogP contribution < -0.4 is 0 Å². The van der Waals surface area contributed by atoms with E-state index in [2.05, 4.69) is 0 Å². The molecule has 0 radical (unpaired) electrons. The molecule has 0 spiro atoms. The van der Waals surface area contributed by atoms with Gasteiger partial charge in [0.1, 0.15) is 6.10 Å². The van der Waals surface area contributed by atoms with Crippen LogP contribution in [0.2, 0.25) is 0 Å². The first kappa shape index (κ1) is 22.1. The maximum Gasteiger partial charge on any atom is 0.356 e. The van der Waals surface area contributed by atoms with Crippen molar-refractivity contribution in [3.05, 3.63) is 35.9 Å². The summed E-state index contributed by atoms with van der Waals surface area (Å²) in [5.41, 5.74) is 0.508. The van der Waals surface area contributed by atoms with Crippen LogP contribution in [0.25, 0.3) is 0 Å². The summed E-state index contributed by atoms with van der Waals surface area (Å²) in [6.45, 7) is 7.39. The Kier molecular flexibility index (Phi) is 8.45. The number of rotatable bonds is 9. The lowest BCUT2D eigenvalue weighted by molar-refractivity contribution is -0.180. The Morgan fingerprint density at radius 1 is 1.11 bits per heavy atom. The van der Waals surface area contributed by atoms with Crippen molar-refractivity contribution in [1.82, 2.24) is 0 Å². The molecule has 1 aliphatic rings. The minimum atomic E-state index is -3.36. The molecule has 1 aromatic rings. The van der Waals surface area contributed by atoms with Crippen LogP contribution >= 0.6 is 7.60 Å². The van der Waals surface area contributed by atoms with E-state index in [9.17, 15) is 9.36 Å². The standard InChI is InChI=1S/C19H29O7P/c1-14(2)25-27(21,26-15(3)4)13-23-18-11-10-17(12-22-18)24-19(20)16-8-6-5-7-9-16/h5-9,14-15,17-18H,10-13H2,1-4H3/t17-,18+/m0/s1. The Morgan fingerprint density at radius 3 is 2.26 bits per heavy atom. The molecular formula is C19H29O7P. The number of hydrogen-bond donors (Lipinski definition) is 0. The lowest BCUT2D eigenvalue weighted by atomic mass is 10.1. The topological polar surface area (TPSA) is 80.3 Å². The van der Waals surface area contributed by atoms with Crippen LogP contribution in [-0.4, -0.2) is 43.5 Å². The fourth-order valence-corrected chi connectivity index (χ4v) is 4.43. The molecule has 0 aromatic heterocycles. The van der Waals surface area contributed by atoms with Gasteiger partial charge in [0.2, 0.25) is 0 Å². The van der Waals surface area contributed by atoms with Crippen LogP contribution in [0.5, 0.6) is 0 Å². The molecule has 7 nitrogen and oxygen atoms in total. The van der Waals surface area contributed by atoms with Gasteiger partial charge in [-0.25, -0.2) is 4.79 Å². The highest BCUT2D eigenvalue weighted by Crippen LogP contribution is 2.50. The number of carbonyl (C=O) groups excluding carboxylic acids is 1. The van der Waals surface area contributed by atoms with Crippen LogP contribution in [-0.2, 0) is 27.8 Å². The summed E-state index contributed by atoms with van der Waals surface area (Å²) in [7, 11) is -3.36. The van der Waals surface area contributed by atoms with Crippen molar-refractivity contribution in [1.29, 1.82) is 0 Å². The van der Waals surface area contributed by atoms with Crippen LogP contribution in [0.15, 0.2) is 30.3 Å². The first-order chi connectivity index (χ1) is 12.8. The van der Waals surface area contributed by atoms with Gasteiger partial charge in [-0.15, -0.1) is 0 Å². The van der Waals surface area contributed by atoms with E-state index in [1.165, 1.54) is 0 Å². The van der Waals surface area contributed by atoms with Crippen molar-refractivity contribution in [3.8, 4) is 0 Å². The molecule has 1 heterocycles. The van der Waals surface area contributed by atoms with Crippen LogP contribution in [0.1, 0.15) is 50.9 Å². The fraction of sp³-hybridized carbons (Fsp3) is 0.632. The zero-order valence-electron chi connectivity index (χ0n) is 16.3. The highest BCUT2D eigenvalue weighted by atomic mass is 31.2. The summed E-state index contributed by atoms with van der Waals surface area (Å²) < 4.78 is 40.3. The highest BCUT2D eigenvalue weighted by molar-refractivity contribution is 7.53. The molecule has 0 unspecified atom stereocenters. The van der Waals surface area contributed by atoms with Crippen molar-refractivity contribution < 1.29 is 32.6 Å². The largest absolute Gasteiger partial charge is 0.456 e. The molecule has 0 amide bonds. The van der Waals surface area contributed by atoms with Crippen molar-refractivity contribution in [2.45, 2.75) is 65.1 Å². The summed E-state index contributed by atoms with van der Waals surface area (Å²) in [6, 6.07) is 8.83. The zero-order chi connectivity index (χ0) is 19.9. The van der Waals surface area contributed by atoms with Gasteiger partial charge in [-0.1, -0.05) is 18.2 Å². The second-order valence-electron chi connectivity index (χ2n) is 6.95. The van der Waals surface area contributed by atoms with Crippen LogP contribution in [0, 0.1) is 0 Å². The zero-order valence-corrected chi connectivity index (χ0v) is 17.2. The SMILES string of the molecule is CC(C)OP(=O)(CO[C@@H]1CC[C@H](OC(=O)c2ccccc2)CO1)OC(C)C. The van der Waals surface area contributed by atoms with E-state index in [4.69, 9.17) is 23.3 Å². The number of esters is 1. The minimum Gasteiger partial charge on any atom is -0.456 e. The predicted octanol–water partition coefficient (Wildman–Crippen LogP) is 4.37. The highest BCUT2D eigenvalue weighted by Gasteiger charge is 2.32. The molecule has 1 aromatic carbocycles. The lowest BCUT2D eigenvalue weighted by Crippen LogP contribution is -2.34. The first-order valence-electron chi connectivity index (χ1n) is 9.22. The second-order valence-corrected chi connectivity index (χ2v) is 8.85. The van der Waals surface area contributed by atoms with Crippen LogP contribution in [0.3, 0.4) is 0 Å². The monoisotopic (exact) mass is 400 g/mol. The molecule has 27 heavy (non-hydrogen) atoms. The van der Waals surface area contributed by atoms with E-state index in [0.29, 0.717) is 18.4 Å². The number of hydrogen-bond acceptors (Lipinski definition) is 7. The van der Waals surface area contributed by atoms with Gasteiger partial charge in [-0.2, -0.15) is 0 Å². The van der Waals surface area contributed by atoms with Gasteiger partial charge < -0.3 is 23.3 Å². The Morgan fingerprint density at radius 2 is 1.74 bits per heavy atom. The fourth-order valence-electron chi connectivity index (χ4n) is 2.62. The third-order valence-corrected chi connectivity index (χ3v) is 5.59. The Bertz CT molecular complexity index is 610. The van der Waals surface area contributed by atoms with Gasteiger partial charge in [0.15, 0.2) is 12.6 Å². The van der Waals surface area contributed by atoms with E-state index in [0.717, 1.165) is 0 Å². The van der Waals surface area contributed by atoms with Crippen molar-refractivity contribution in [3.63, 3.8) is 0 Å². The molecule has 1 fully saturated rings. The molecule has 1 saturated heterocycles. The van der Waals surface area contributed by atoms with Gasteiger partial charge in [0.25, 0.3) is 0 Å². The summed E-state index contributed by atoms with van der Waals surface area (Å²) in [5, 5.41) is 0. The smallest absolute Gasteiger partial charge is 0.356 e. The van der Waals surface area contributed by atoms with E-state index in [1.807, 2.05) is 6.07 Å². The normalized spacial score (nSPS) is 20.8. The van der Waals surface area contributed by atoms with Gasteiger partial charge in [0, 0.05) is 6.42 Å². The van der Waals surface area contributed by atoms with Crippen molar-refractivity contribution in [2.24, 2.45) is 0 Å². The maximum atomic E-state index is 12.7. The van der Waals surface area contributed by atoms with Crippen molar-refractivity contribution >= 4 is 13.6 Å².